The summed E-state index contributed by atoms with van der Waals surface area (Å²) in [7, 11) is 2.14. The average molecular weight is 156 g/mol. The first kappa shape index (κ1) is 7.53. The summed E-state index contributed by atoms with van der Waals surface area (Å²) in [4.78, 5) is 2.33. The fourth-order valence-electron chi connectivity index (χ4n) is 1.77. The van der Waals surface area contributed by atoms with Gasteiger partial charge in [-0.2, -0.15) is 0 Å². The first-order valence-electron chi connectivity index (χ1n) is 4.29. The molecule has 1 aliphatic heterocycles. The number of nitrogens with two attached hydrogens (primary N) is 1. The smallest absolute Gasteiger partial charge is 0.0640 e. The monoisotopic (exact) mass is 156 g/mol. The van der Waals surface area contributed by atoms with Gasteiger partial charge in [0.2, 0.25) is 0 Å². The van der Waals surface area contributed by atoms with E-state index in [4.69, 9.17) is 10.5 Å². The third kappa shape index (κ3) is 1.28. The van der Waals surface area contributed by atoms with Gasteiger partial charge in [-0.1, -0.05) is 0 Å². The van der Waals surface area contributed by atoms with Crippen molar-refractivity contribution >= 4 is 0 Å². The highest BCUT2D eigenvalue weighted by Gasteiger charge is 2.48. The molecule has 1 heterocycles. The van der Waals surface area contributed by atoms with Gasteiger partial charge in [0, 0.05) is 12.1 Å². The summed E-state index contributed by atoms with van der Waals surface area (Å²) < 4.78 is 5.40. The van der Waals surface area contributed by atoms with E-state index < -0.39 is 0 Å². The molecule has 2 fully saturated rings. The normalized spacial score (nSPS) is 37.1. The summed E-state index contributed by atoms with van der Waals surface area (Å²) in [6.07, 6.45) is 2.34. The molecule has 2 aliphatic rings. The van der Waals surface area contributed by atoms with Crippen LogP contribution in [0.1, 0.15) is 12.8 Å². The van der Waals surface area contributed by atoms with E-state index in [-0.39, 0.29) is 5.54 Å². The summed E-state index contributed by atoms with van der Waals surface area (Å²) in [5, 5.41) is 0. The number of rotatable bonds is 1. The highest BCUT2D eigenvalue weighted by atomic mass is 16.5. The molecule has 1 atom stereocenters. The molecule has 3 heteroatoms. The first-order chi connectivity index (χ1) is 5.22. The maximum Gasteiger partial charge on any atom is 0.0640 e. The summed E-state index contributed by atoms with van der Waals surface area (Å²) in [5.41, 5.74) is 6.18. The Labute approximate surface area is 67.5 Å². The van der Waals surface area contributed by atoms with Crippen LogP contribution in [-0.4, -0.2) is 43.3 Å². The summed E-state index contributed by atoms with van der Waals surface area (Å²) in [5.74, 6) is 0. The van der Waals surface area contributed by atoms with Crippen LogP contribution in [-0.2, 0) is 4.74 Å². The van der Waals surface area contributed by atoms with Crippen molar-refractivity contribution in [1.82, 2.24) is 4.90 Å². The zero-order chi connectivity index (χ0) is 7.90. The predicted octanol–water partition coefficient (Wildman–Crippen LogP) is -0.192. The van der Waals surface area contributed by atoms with Crippen molar-refractivity contribution in [3.8, 4) is 0 Å². The lowest BCUT2D eigenvalue weighted by molar-refractivity contribution is -0.00747. The van der Waals surface area contributed by atoms with E-state index in [0.29, 0.717) is 6.04 Å². The molecule has 0 spiro atoms. The Morgan fingerprint density at radius 2 is 2.27 bits per heavy atom. The number of hydrogen-bond acceptors (Lipinski definition) is 3. The van der Waals surface area contributed by atoms with Crippen molar-refractivity contribution in [3.63, 3.8) is 0 Å². The summed E-state index contributed by atoms with van der Waals surface area (Å²) in [6, 6.07) is 0.469. The van der Waals surface area contributed by atoms with Gasteiger partial charge in [-0.05, 0) is 19.9 Å². The van der Waals surface area contributed by atoms with E-state index in [2.05, 4.69) is 11.9 Å². The van der Waals surface area contributed by atoms with Crippen LogP contribution in [0.2, 0.25) is 0 Å². The van der Waals surface area contributed by atoms with Crippen molar-refractivity contribution in [3.05, 3.63) is 0 Å². The van der Waals surface area contributed by atoms with Gasteiger partial charge in [0.05, 0.1) is 19.3 Å². The highest BCUT2D eigenvalue weighted by molar-refractivity contribution is 5.08. The van der Waals surface area contributed by atoms with E-state index in [1.807, 2.05) is 0 Å². The molecule has 1 aliphatic carbocycles. The molecule has 2 rings (SSSR count). The maximum absolute atomic E-state index is 6.09. The van der Waals surface area contributed by atoms with E-state index in [0.717, 1.165) is 19.8 Å². The van der Waals surface area contributed by atoms with Gasteiger partial charge in [0.1, 0.15) is 0 Å². The van der Waals surface area contributed by atoms with Crippen molar-refractivity contribution in [2.45, 2.75) is 24.4 Å². The van der Waals surface area contributed by atoms with Crippen LogP contribution in [0.25, 0.3) is 0 Å². The second-order valence-corrected chi connectivity index (χ2v) is 3.80. The molecule has 0 amide bonds. The van der Waals surface area contributed by atoms with Crippen molar-refractivity contribution in [1.29, 1.82) is 0 Å². The zero-order valence-corrected chi connectivity index (χ0v) is 7.05. The molecule has 0 aromatic heterocycles. The molecule has 64 valence electrons. The van der Waals surface area contributed by atoms with Crippen molar-refractivity contribution in [2.24, 2.45) is 5.73 Å². The largest absolute Gasteiger partial charge is 0.378 e. The first-order valence-corrected chi connectivity index (χ1v) is 4.29. The number of ether oxygens (including phenoxy) is 1. The standard InChI is InChI=1S/C8H16N2O/c1-10-4-5-11-6-7(10)8(9)2-3-8/h7H,2-6,9H2,1H3. The Bertz CT molecular complexity index is 156. The van der Waals surface area contributed by atoms with Gasteiger partial charge in [-0.25, -0.2) is 0 Å². The Balaban J connectivity index is 1.99. The van der Waals surface area contributed by atoms with Crippen molar-refractivity contribution in [2.75, 3.05) is 26.8 Å². The van der Waals surface area contributed by atoms with Crippen LogP contribution >= 0.6 is 0 Å². The number of morpholine rings is 1. The molecule has 1 unspecified atom stereocenters. The van der Waals surface area contributed by atoms with E-state index in [1.165, 1.54) is 12.8 Å². The highest BCUT2D eigenvalue weighted by Crippen LogP contribution is 2.38. The Morgan fingerprint density at radius 1 is 1.55 bits per heavy atom. The molecular weight excluding hydrogens is 140 g/mol. The SMILES string of the molecule is CN1CCOCC1C1(N)CC1. The lowest BCUT2D eigenvalue weighted by Gasteiger charge is -2.36. The van der Waals surface area contributed by atoms with Gasteiger partial charge < -0.3 is 10.5 Å². The fraction of sp³-hybridized carbons (Fsp3) is 1.00. The molecular formula is C8H16N2O. The number of hydrogen-bond donors (Lipinski definition) is 1. The van der Waals surface area contributed by atoms with Gasteiger partial charge in [-0.15, -0.1) is 0 Å². The minimum Gasteiger partial charge on any atom is -0.378 e. The maximum atomic E-state index is 6.09. The minimum absolute atomic E-state index is 0.0924. The lowest BCUT2D eigenvalue weighted by Crippen LogP contribution is -2.54. The van der Waals surface area contributed by atoms with Crippen LogP contribution in [0.3, 0.4) is 0 Å². The van der Waals surface area contributed by atoms with Gasteiger partial charge in [0.15, 0.2) is 0 Å². The molecule has 0 aromatic rings. The van der Waals surface area contributed by atoms with Crippen LogP contribution in [0.4, 0.5) is 0 Å². The summed E-state index contributed by atoms with van der Waals surface area (Å²) in [6.45, 7) is 2.72. The molecule has 1 saturated heterocycles. The number of nitrogens with zero attached hydrogens (tertiary/aromatic N) is 1. The van der Waals surface area contributed by atoms with E-state index in [1.54, 1.807) is 0 Å². The molecule has 0 bridgehead atoms. The Hall–Kier alpha value is -0.120. The molecule has 3 nitrogen and oxygen atoms in total. The lowest BCUT2D eigenvalue weighted by atomic mass is 10.1. The van der Waals surface area contributed by atoms with Crippen LogP contribution in [0, 0.1) is 0 Å². The Morgan fingerprint density at radius 3 is 2.82 bits per heavy atom. The summed E-state index contributed by atoms with van der Waals surface area (Å²) >= 11 is 0. The van der Waals surface area contributed by atoms with E-state index >= 15 is 0 Å². The second-order valence-electron chi connectivity index (χ2n) is 3.80. The van der Waals surface area contributed by atoms with E-state index in [9.17, 15) is 0 Å². The third-order valence-electron chi connectivity index (χ3n) is 2.89. The molecule has 11 heavy (non-hydrogen) atoms. The number of likely N-dealkylation sites (N-methyl/N-ethyl adjacent to an activating group) is 1. The minimum atomic E-state index is 0.0924. The van der Waals surface area contributed by atoms with Crippen LogP contribution in [0.15, 0.2) is 0 Å². The van der Waals surface area contributed by atoms with Crippen molar-refractivity contribution < 1.29 is 4.74 Å². The fourth-order valence-corrected chi connectivity index (χ4v) is 1.77. The van der Waals surface area contributed by atoms with Crippen LogP contribution in [0.5, 0.6) is 0 Å². The van der Waals surface area contributed by atoms with Gasteiger partial charge in [0.25, 0.3) is 0 Å². The third-order valence-corrected chi connectivity index (χ3v) is 2.89. The molecule has 0 aromatic carbocycles. The Kier molecular flexibility index (Phi) is 1.67. The van der Waals surface area contributed by atoms with Gasteiger partial charge >= 0.3 is 0 Å². The van der Waals surface area contributed by atoms with Gasteiger partial charge in [-0.3, -0.25) is 4.90 Å². The second kappa shape index (κ2) is 2.44. The average Bonchev–Trinajstić information content (AvgIpc) is 2.70. The topological polar surface area (TPSA) is 38.5 Å². The molecule has 2 N–H and O–H groups in total. The zero-order valence-electron chi connectivity index (χ0n) is 7.05. The molecule has 1 saturated carbocycles. The predicted molar refractivity (Wildman–Crippen MR) is 43.4 cm³/mol. The van der Waals surface area contributed by atoms with Crippen LogP contribution < -0.4 is 5.73 Å². The quantitative estimate of drug-likeness (QED) is 0.572. The molecule has 0 radical (unpaired) electrons.